The summed E-state index contributed by atoms with van der Waals surface area (Å²) in [7, 11) is 0. The van der Waals surface area contributed by atoms with Crippen LogP contribution < -0.4 is 5.32 Å². The largest absolute Gasteiger partial charge is 0.392 e. The molecule has 1 aliphatic rings. The Bertz CT molecular complexity index is 601. The summed E-state index contributed by atoms with van der Waals surface area (Å²) in [6.45, 7) is 4.69. The van der Waals surface area contributed by atoms with E-state index in [0.29, 0.717) is 0 Å². The third-order valence-electron chi connectivity index (χ3n) is 3.96. The highest BCUT2D eigenvalue weighted by Crippen LogP contribution is 2.27. The van der Waals surface area contributed by atoms with E-state index in [1.165, 1.54) is 11.1 Å². The van der Waals surface area contributed by atoms with Gasteiger partial charge in [0.2, 0.25) is 0 Å². The lowest BCUT2D eigenvalue weighted by atomic mass is 9.96. The van der Waals surface area contributed by atoms with Crippen molar-refractivity contribution in [1.29, 1.82) is 0 Å². The Hall–Kier alpha value is -1.68. The van der Waals surface area contributed by atoms with Gasteiger partial charge >= 0.3 is 0 Å². The maximum atomic E-state index is 9.50. The van der Waals surface area contributed by atoms with Crippen LogP contribution in [0.1, 0.15) is 22.8 Å². The van der Waals surface area contributed by atoms with E-state index < -0.39 is 0 Å². The molecule has 1 saturated heterocycles. The number of rotatable bonds is 3. The number of benzene rings is 2. The van der Waals surface area contributed by atoms with Crippen molar-refractivity contribution in [2.45, 2.75) is 19.6 Å². The minimum Gasteiger partial charge on any atom is -0.392 e. The fourth-order valence-electron chi connectivity index (χ4n) is 2.75. The lowest BCUT2D eigenvalue weighted by molar-refractivity contribution is 0.0277. The Morgan fingerprint density at radius 1 is 1.19 bits per heavy atom. The van der Waals surface area contributed by atoms with Crippen molar-refractivity contribution in [3.05, 3.63) is 59.2 Å². The predicted octanol–water partition coefficient (Wildman–Crippen LogP) is 2.82. The maximum absolute atomic E-state index is 9.50. The number of aryl methyl sites for hydroxylation is 1. The van der Waals surface area contributed by atoms with Gasteiger partial charge < -0.3 is 15.2 Å². The molecule has 1 atom stereocenters. The van der Waals surface area contributed by atoms with E-state index in [1.807, 2.05) is 12.1 Å². The molecular weight excluding hydrogens is 262 g/mol. The summed E-state index contributed by atoms with van der Waals surface area (Å²) in [5.41, 5.74) is 5.60. The standard InChI is InChI=1S/C18H21NO2/c1-13-2-3-16(12-20)17(10-13)14-4-6-15(7-5-14)18-11-19-8-9-21-18/h2-7,10,18-20H,8-9,11-12H2,1H3. The van der Waals surface area contributed by atoms with E-state index in [9.17, 15) is 5.11 Å². The van der Waals surface area contributed by atoms with E-state index >= 15 is 0 Å². The molecule has 2 N–H and O–H groups in total. The summed E-state index contributed by atoms with van der Waals surface area (Å²) in [6.07, 6.45) is 0.141. The predicted molar refractivity (Wildman–Crippen MR) is 84.1 cm³/mol. The lowest BCUT2D eigenvalue weighted by Crippen LogP contribution is -2.33. The summed E-state index contributed by atoms with van der Waals surface area (Å²) >= 11 is 0. The summed E-state index contributed by atoms with van der Waals surface area (Å²) in [5, 5.41) is 12.8. The highest BCUT2D eigenvalue weighted by atomic mass is 16.5. The Labute approximate surface area is 125 Å². The molecular formula is C18H21NO2. The van der Waals surface area contributed by atoms with Gasteiger partial charge in [0.05, 0.1) is 19.3 Å². The summed E-state index contributed by atoms with van der Waals surface area (Å²) in [5.74, 6) is 0. The van der Waals surface area contributed by atoms with Crippen LogP contribution in [0.4, 0.5) is 0 Å². The van der Waals surface area contributed by atoms with E-state index in [2.05, 4.69) is 42.6 Å². The van der Waals surface area contributed by atoms with Crippen molar-refractivity contribution >= 4 is 0 Å². The second-order valence-electron chi connectivity index (χ2n) is 5.50. The molecule has 0 aliphatic carbocycles. The SMILES string of the molecule is Cc1ccc(CO)c(-c2ccc(C3CNCCO3)cc2)c1. The number of nitrogens with one attached hydrogen (secondary N) is 1. The second-order valence-corrected chi connectivity index (χ2v) is 5.50. The zero-order valence-electron chi connectivity index (χ0n) is 12.3. The average molecular weight is 283 g/mol. The molecule has 1 aliphatic heterocycles. The van der Waals surface area contributed by atoms with E-state index in [4.69, 9.17) is 4.74 Å². The van der Waals surface area contributed by atoms with Crippen molar-refractivity contribution in [2.75, 3.05) is 19.7 Å². The summed E-state index contributed by atoms with van der Waals surface area (Å²) < 4.78 is 5.77. The molecule has 1 fully saturated rings. The van der Waals surface area contributed by atoms with Crippen molar-refractivity contribution in [1.82, 2.24) is 5.32 Å². The quantitative estimate of drug-likeness (QED) is 0.910. The van der Waals surface area contributed by atoms with Crippen LogP contribution in [0.2, 0.25) is 0 Å². The molecule has 21 heavy (non-hydrogen) atoms. The van der Waals surface area contributed by atoms with Crippen LogP contribution in [0, 0.1) is 6.92 Å². The molecule has 3 nitrogen and oxygen atoms in total. The van der Waals surface area contributed by atoms with Gasteiger partial charge in [-0.15, -0.1) is 0 Å². The molecule has 110 valence electrons. The van der Waals surface area contributed by atoms with Crippen LogP contribution in [0.5, 0.6) is 0 Å². The van der Waals surface area contributed by atoms with E-state index in [1.54, 1.807) is 0 Å². The zero-order chi connectivity index (χ0) is 14.7. The Morgan fingerprint density at radius 3 is 2.67 bits per heavy atom. The van der Waals surface area contributed by atoms with Crippen molar-refractivity contribution < 1.29 is 9.84 Å². The smallest absolute Gasteiger partial charge is 0.0949 e. The summed E-state index contributed by atoms with van der Waals surface area (Å²) in [4.78, 5) is 0. The van der Waals surface area contributed by atoms with Crippen LogP contribution in [0.15, 0.2) is 42.5 Å². The monoisotopic (exact) mass is 283 g/mol. The molecule has 1 unspecified atom stereocenters. The van der Waals surface area contributed by atoms with Gasteiger partial charge in [0, 0.05) is 13.1 Å². The van der Waals surface area contributed by atoms with Gasteiger partial charge in [-0.1, -0.05) is 48.0 Å². The molecule has 1 heterocycles. The number of hydrogen-bond acceptors (Lipinski definition) is 3. The van der Waals surface area contributed by atoms with Gasteiger partial charge in [0.15, 0.2) is 0 Å². The van der Waals surface area contributed by atoms with Crippen molar-refractivity contribution in [3.63, 3.8) is 0 Å². The Morgan fingerprint density at radius 2 is 2.00 bits per heavy atom. The normalized spacial score (nSPS) is 18.7. The third-order valence-corrected chi connectivity index (χ3v) is 3.96. The number of morpholine rings is 1. The first-order valence-corrected chi connectivity index (χ1v) is 7.41. The first kappa shape index (κ1) is 14.3. The van der Waals surface area contributed by atoms with Crippen LogP contribution >= 0.6 is 0 Å². The molecule has 0 aromatic heterocycles. The van der Waals surface area contributed by atoms with Crippen molar-refractivity contribution in [2.24, 2.45) is 0 Å². The molecule has 3 heteroatoms. The zero-order valence-corrected chi connectivity index (χ0v) is 12.3. The van der Waals surface area contributed by atoms with Gasteiger partial charge in [0.1, 0.15) is 0 Å². The molecule has 3 rings (SSSR count). The average Bonchev–Trinajstić information content (AvgIpc) is 2.56. The molecule has 2 aromatic carbocycles. The number of hydrogen-bond donors (Lipinski definition) is 2. The third kappa shape index (κ3) is 3.16. The highest BCUT2D eigenvalue weighted by Gasteiger charge is 2.15. The molecule has 0 amide bonds. The molecule has 2 aromatic rings. The van der Waals surface area contributed by atoms with Gasteiger partial charge in [-0.2, -0.15) is 0 Å². The van der Waals surface area contributed by atoms with Crippen molar-refractivity contribution in [3.8, 4) is 11.1 Å². The van der Waals surface area contributed by atoms with Crippen LogP contribution in [-0.2, 0) is 11.3 Å². The second kappa shape index (κ2) is 6.39. The van der Waals surface area contributed by atoms with E-state index in [-0.39, 0.29) is 12.7 Å². The number of ether oxygens (including phenoxy) is 1. The molecule has 0 radical (unpaired) electrons. The van der Waals surface area contributed by atoms with Gasteiger partial charge in [-0.25, -0.2) is 0 Å². The topological polar surface area (TPSA) is 41.5 Å². The van der Waals surface area contributed by atoms with Gasteiger partial charge in [-0.05, 0) is 29.2 Å². The van der Waals surface area contributed by atoms with Gasteiger partial charge in [0.25, 0.3) is 0 Å². The Balaban J connectivity index is 1.88. The highest BCUT2D eigenvalue weighted by molar-refractivity contribution is 5.68. The summed E-state index contributed by atoms with van der Waals surface area (Å²) in [6, 6.07) is 14.6. The minimum absolute atomic E-state index is 0.0625. The molecule has 0 spiro atoms. The number of aliphatic hydroxyl groups is 1. The fraction of sp³-hybridized carbons (Fsp3) is 0.333. The van der Waals surface area contributed by atoms with Crippen LogP contribution in [0.3, 0.4) is 0 Å². The van der Waals surface area contributed by atoms with Gasteiger partial charge in [-0.3, -0.25) is 0 Å². The van der Waals surface area contributed by atoms with E-state index in [0.717, 1.165) is 36.4 Å². The Kier molecular flexibility index (Phi) is 4.34. The number of aliphatic hydroxyl groups excluding tert-OH is 1. The molecule has 0 saturated carbocycles. The maximum Gasteiger partial charge on any atom is 0.0949 e. The molecule has 0 bridgehead atoms. The minimum atomic E-state index is 0.0625. The lowest BCUT2D eigenvalue weighted by Gasteiger charge is -2.24. The fourth-order valence-corrected chi connectivity index (χ4v) is 2.75. The first-order chi connectivity index (χ1) is 10.3. The van der Waals surface area contributed by atoms with Crippen LogP contribution in [-0.4, -0.2) is 24.8 Å². The first-order valence-electron chi connectivity index (χ1n) is 7.41. The van der Waals surface area contributed by atoms with Crippen LogP contribution in [0.25, 0.3) is 11.1 Å².